The molecule has 2 aliphatic carbocycles. The number of allylic oxidation sites excluding steroid dienone is 2. The number of hydrogen-bond donors (Lipinski definition) is 2. The Morgan fingerprint density at radius 1 is 0.364 bits per heavy atom. The summed E-state index contributed by atoms with van der Waals surface area (Å²) in [5.41, 5.74) is 22.8. The zero-order chi connectivity index (χ0) is 36.3. The van der Waals surface area contributed by atoms with Gasteiger partial charge in [-0.1, -0.05) is 158 Å². The number of nitrogens with one attached hydrogen (secondary N) is 1. The molecule has 2 heterocycles. The van der Waals surface area contributed by atoms with Crippen LogP contribution in [0.4, 0.5) is 0 Å². The van der Waals surface area contributed by atoms with Crippen molar-refractivity contribution in [3.05, 3.63) is 221 Å². The van der Waals surface area contributed by atoms with Crippen molar-refractivity contribution in [3.8, 4) is 56.4 Å². The molecule has 3 N–H and O–H groups in total. The van der Waals surface area contributed by atoms with Crippen LogP contribution < -0.4 is 10.9 Å². The molecule has 0 fully saturated rings. The smallest absolute Gasteiger partial charge is 0.164 e. The Kier molecular flexibility index (Phi) is 7.09. The molecule has 0 unspecified atom stereocenters. The molecule has 0 amide bonds. The van der Waals surface area contributed by atoms with E-state index in [2.05, 4.69) is 175 Å². The lowest BCUT2D eigenvalue weighted by Crippen LogP contribution is -2.90. The summed E-state index contributed by atoms with van der Waals surface area (Å²) < 4.78 is 0. The van der Waals surface area contributed by atoms with E-state index in [1.54, 1.807) is 0 Å². The fourth-order valence-electron chi connectivity index (χ4n) is 8.80. The first-order valence-electron chi connectivity index (χ1n) is 18.7. The quantitative estimate of drug-likeness (QED) is 0.175. The largest absolute Gasteiger partial charge is 0.234 e. The molecule has 55 heavy (non-hydrogen) atoms. The van der Waals surface area contributed by atoms with Gasteiger partial charge in [0.05, 0.1) is 11.1 Å². The average molecular weight is 705 g/mol. The normalized spacial score (nSPS) is 14.3. The molecule has 1 aromatic heterocycles. The maximum absolute atomic E-state index is 5.16. The zero-order valence-electron chi connectivity index (χ0n) is 29.8. The van der Waals surface area contributed by atoms with Gasteiger partial charge in [-0.05, 0) is 68.8 Å². The van der Waals surface area contributed by atoms with Crippen molar-refractivity contribution in [2.75, 3.05) is 0 Å². The van der Waals surface area contributed by atoms with Crippen LogP contribution >= 0.6 is 0 Å². The molecule has 7 aromatic carbocycles. The Morgan fingerprint density at radius 2 is 0.800 bits per heavy atom. The van der Waals surface area contributed by atoms with Gasteiger partial charge in [0, 0.05) is 33.9 Å². The van der Waals surface area contributed by atoms with Crippen molar-refractivity contribution in [1.82, 2.24) is 20.4 Å². The van der Waals surface area contributed by atoms with Crippen LogP contribution in [0.5, 0.6) is 0 Å². The number of rotatable bonds is 5. The molecule has 11 rings (SSSR count). The van der Waals surface area contributed by atoms with Gasteiger partial charge in [0.25, 0.3) is 0 Å². The van der Waals surface area contributed by atoms with E-state index in [1.165, 1.54) is 50.1 Å². The van der Waals surface area contributed by atoms with Gasteiger partial charge in [0.2, 0.25) is 0 Å². The SMILES string of the molecule is C1=C(c2ccc(-c3nc(-c4ccccc4)nc(-c4ccc5c(c4)-c4ccccc4C54c5ccccc5-c5ccccc54)n3)cc2)N[NH2+]C(c2ccccc2)=C1. The van der Waals surface area contributed by atoms with Gasteiger partial charge in [-0.2, -0.15) is 0 Å². The number of nitrogens with two attached hydrogens (primary N) is 1. The summed E-state index contributed by atoms with van der Waals surface area (Å²) in [6.45, 7) is 0. The third-order valence-corrected chi connectivity index (χ3v) is 11.3. The Morgan fingerprint density at radius 3 is 1.36 bits per heavy atom. The van der Waals surface area contributed by atoms with E-state index in [9.17, 15) is 0 Å². The number of nitrogens with zero attached hydrogens (tertiary/aromatic N) is 3. The Labute approximate surface area is 319 Å². The molecule has 8 aromatic rings. The molecule has 0 saturated carbocycles. The summed E-state index contributed by atoms with van der Waals surface area (Å²) in [6, 6.07) is 62.5. The van der Waals surface area contributed by atoms with Crippen molar-refractivity contribution in [2.45, 2.75) is 5.41 Å². The molecule has 0 radical (unpaired) electrons. The second-order valence-corrected chi connectivity index (χ2v) is 14.3. The highest BCUT2D eigenvalue weighted by molar-refractivity contribution is 5.95. The van der Waals surface area contributed by atoms with Gasteiger partial charge in [-0.25, -0.2) is 25.8 Å². The lowest BCUT2D eigenvalue weighted by molar-refractivity contribution is -0.612. The van der Waals surface area contributed by atoms with Crippen molar-refractivity contribution in [1.29, 1.82) is 0 Å². The minimum atomic E-state index is -0.391. The van der Waals surface area contributed by atoms with Crippen LogP contribution in [0.3, 0.4) is 0 Å². The number of hydrogen-bond acceptors (Lipinski definition) is 4. The van der Waals surface area contributed by atoms with Crippen molar-refractivity contribution in [3.63, 3.8) is 0 Å². The van der Waals surface area contributed by atoms with Gasteiger partial charge in [-0.15, -0.1) is 0 Å². The lowest BCUT2D eigenvalue weighted by atomic mass is 9.70. The number of fused-ring (bicyclic) bond motifs is 10. The van der Waals surface area contributed by atoms with E-state index < -0.39 is 5.41 Å². The topological polar surface area (TPSA) is 67.3 Å². The summed E-state index contributed by atoms with van der Waals surface area (Å²) in [5, 5.41) is 0. The standard InChI is InChI=1S/C50H33N5/c1-3-13-32(14-4-1)45-29-30-46(55-54-45)33-23-25-35(26-24-33)48-51-47(34-15-5-2-6-16-34)52-49(53-48)36-27-28-44-40(31-36)39-19-9-12-22-43(39)50(44)41-20-10-7-17-37(41)38-18-8-11-21-42(38)50/h1-31,54-55H/p+1. The van der Waals surface area contributed by atoms with Gasteiger partial charge >= 0.3 is 0 Å². The zero-order valence-corrected chi connectivity index (χ0v) is 29.8. The van der Waals surface area contributed by atoms with Crippen molar-refractivity contribution in [2.24, 2.45) is 0 Å². The molecule has 0 bridgehead atoms. The summed E-state index contributed by atoms with van der Waals surface area (Å²) in [4.78, 5) is 15.3. The second kappa shape index (κ2) is 12.4. The number of benzene rings is 7. The molecule has 5 nitrogen and oxygen atoms in total. The van der Waals surface area contributed by atoms with Crippen LogP contribution in [-0.4, -0.2) is 15.0 Å². The third-order valence-electron chi connectivity index (χ3n) is 11.3. The molecule has 0 atom stereocenters. The van der Waals surface area contributed by atoms with Crippen molar-refractivity contribution >= 4 is 11.4 Å². The minimum Gasteiger partial charge on any atom is -0.234 e. The molecule has 1 aliphatic heterocycles. The molecule has 258 valence electrons. The predicted molar refractivity (Wildman–Crippen MR) is 220 cm³/mol. The average Bonchev–Trinajstić information content (AvgIpc) is 3.74. The molecule has 3 aliphatic rings. The van der Waals surface area contributed by atoms with Crippen LogP contribution in [0, 0.1) is 0 Å². The van der Waals surface area contributed by atoms with Gasteiger partial charge < -0.3 is 0 Å². The van der Waals surface area contributed by atoms with E-state index in [-0.39, 0.29) is 0 Å². The lowest BCUT2D eigenvalue weighted by Gasteiger charge is -2.30. The molecular formula is C50H34N5+. The van der Waals surface area contributed by atoms with E-state index >= 15 is 0 Å². The maximum Gasteiger partial charge on any atom is 0.164 e. The van der Waals surface area contributed by atoms with E-state index in [0.717, 1.165) is 33.6 Å². The summed E-state index contributed by atoms with van der Waals surface area (Å²) in [7, 11) is 0. The highest BCUT2D eigenvalue weighted by Gasteiger charge is 2.51. The van der Waals surface area contributed by atoms with Crippen LogP contribution in [0.1, 0.15) is 33.4 Å². The van der Waals surface area contributed by atoms with E-state index in [0.29, 0.717) is 17.5 Å². The highest BCUT2D eigenvalue weighted by atomic mass is 15.4. The first-order chi connectivity index (χ1) is 27.3. The summed E-state index contributed by atoms with van der Waals surface area (Å²) >= 11 is 0. The molecule has 0 saturated heterocycles. The number of aromatic nitrogens is 3. The van der Waals surface area contributed by atoms with Crippen LogP contribution in [-0.2, 0) is 5.41 Å². The Balaban J connectivity index is 1.02. The fraction of sp³-hybridized carbons (Fsp3) is 0.0200. The first-order valence-corrected chi connectivity index (χ1v) is 18.7. The first kappa shape index (κ1) is 31.3. The van der Waals surface area contributed by atoms with Gasteiger partial charge in [0.15, 0.2) is 23.2 Å². The Bertz CT molecular complexity index is 2810. The monoisotopic (exact) mass is 704 g/mol. The second-order valence-electron chi connectivity index (χ2n) is 14.3. The summed E-state index contributed by atoms with van der Waals surface area (Å²) in [6.07, 6.45) is 4.28. The molecule has 5 heteroatoms. The van der Waals surface area contributed by atoms with Crippen LogP contribution in [0.15, 0.2) is 188 Å². The van der Waals surface area contributed by atoms with Crippen LogP contribution in [0.25, 0.3) is 67.8 Å². The van der Waals surface area contributed by atoms with E-state index in [4.69, 9.17) is 15.0 Å². The summed E-state index contributed by atoms with van der Waals surface area (Å²) in [5.74, 6) is 1.92. The number of quaternary nitrogens is 1. The van der Waals surface area contributed by atoms with E-state index in [1.807, 2.05) is 24.3 Å². The Hall–Kier alpha value is -7.21. The third kappa shape index (κ3) is 4.87. The van der Waals surface area contributed by atoms with Crippen LogP contribution in [0.2, 0.25) is 0 Å². The predicted octanol–water partition coefficient (Wildman–Crippen LogP) is 9.68. The van der Waals surface area contributed by atoms with Gasteiger partial charge in [-0.3, -0.25) is 0 Å². The van der Waals surface area contributed by atoms with Crippen molar-refractivity contribution < 1.29 is 5.43 Å². The van der Waals surface area contributed by atoms with Gasteiger partial charge in [0.1, 0.15) is 0 Å². The molecular weight excluding hydrogens is 671 g/mol. The molecule has 1 spiro atoms. The maximum atomic E-state index is 5.16. The minimum absolute atomic E-state index is 0.391. The fourth-order valence-corrected chi connectivity index (χ4v) is 8.80. The highest BCUT2D eigenvalue weighted by Crippen LogP contribution is 2.62.